The summed E-state index contributed by atoms with van der Waals surface area (Å²) in [7, 11) is 0. The second-order valence-corrected chi connectivity index (χ2v) is 5.96. The van der Waals surface area contributed by atoms with Crippen molar-refractivity contribution in [1.82, 2.24) is 5.32 Å². The Morgan fingerprint density at radius 3 is 2.46 bits per heavy atom. The van der Waals surface area contributed by atoms with Crippen molar-refractivity contribution in [2.45, 2.75) is 18.9 Å². The molecule has 2 aromatic rings. The molecule has 3 rings (SSSR count). The number of ether oxygens (including phenoxy) is 1. The number of nitrogens with one attached hydrogen (secondary N) is 2. The van der Waals surface area contributed by atoms with Crippen molar-refractivity contribution in [3.63, 3.8) is 0 Å². The van der Waals surface area contributed by atoms with E-state index in [-0.39, 0.29) is 17.5 Å². The average molecular weight is 356 g/mol. The molecule has 0 saturated heterocycles. The van der Waals surface area contributed by atoms with Crippen molar-refractivity contribution < 1.29 is 23.5 Å². The van der Waals surface area contributed by atoms with Crippen molar-refractivity contribution in [3.05, 3.63) is 65.5 Å². The van der Waals surface area contributed by atoms with Gasteiger partial charge in [0.05, 0.1) is 5.56 Å². The minimum Gasteiger partial charge on any atom is -0.452 e. The summed E-state index contributed by atoms with van der Waals surface area (Å²) >= 11 is 0. The molecule has 0 aliphatic heterocycles. The lowest BCUT2D eigenvalue weighted by atomic mass is 10.2. The van der Waals surface area contributed by atoms with E-state index in [2.05, 4.69) is 10.6 Å². The van der Waals surface area contributed by atoms with Gasteiger partial charge in [-0.15, -0.1) is 0 Å². The first-order chi connectivity index (χ1) is 12.5. The van der Waals surface area contributed by atoms with Gasteiger partial charge in [0.15, 0.2) is 6.61 Å². The number of anilines is 1. The van der Waals surface area contributed by atoms with E-state index >= 15 is 0 Å². The highest BCUT2D eigenvalue weighted by Gasteiger charge is 2.23. The molecule has 1 fully saturated rings. The summed E-state index contributed by atoms with van der Waals surface area (Å²) in [6, 6.07) is 11.6. The molecule has 1 aliphatic carbocycles. The first-order valence-corrected chi connectivity index (χ1v) is 8.15. The number of esters is 1. The van der Waals surface area contributed by atoms with E-state index in [0.717, 1.165) is 25.0 Å². The first-order valence-electron chi connectivity index (χ1n) is 8.15. The predicted octanol–water partition coefficient (Wildman–Crippen LogP) is 2.51. The van der Waals surface area contributed by atoms with Gasteiger partial charge in [0.25, 0.3) is 11.8 Å². The zero-order valence-corrected chi connectivity index (χ0v) is 13.8. The zero-order valence-electron chi connectivity index (χ0n) is 13.8. The number of carbonyl (C=O) groups excluding carboxylic acids is 3. The Morgan fingerprint density at radius 1 is 1.04 bits per heavy atom. The molecular formula is C19H17FN2O4. The zero-order chi connectivity index (χ0) is 18.5. The number of hydrogen-bond acceptors (Lipinski definition) is 4. The molecule has 2 N–H and O–H groups in total. The van der Waals surface area contributed by atoms with E-state index in [1.807, 2.05) is 0 Å². The van der Waals surface area contributed by atoms with Crippen LogP contribution in [0, 0.1) is 5.82 Å². The maximum atomic E-state index is 12.8. The van der Waals surface area contributed by atoms with E-state index in [1.165, 1.54) is 12.1 Å². The van der Waals surface area contributed by atoms with Crippen LogP contribution in [-0.4, -0.2) is 30.4 Å². The highest BCUT2D eigenvalue weighted by atomic mass is 19.1. The molecule has 2 amide bonds. The van der Waals surface area contributed by atoms with Crippen LogP contribution in [0.15, 0.2) is 48.5 Å². The molecule has 7 heteroatoms. The van der Waals surface area contributed by atoms with Crippen molar-refractivity contribution in [2.75, 3.05) is 11.9 Å². The fourth-order valence-electron chi connectivity index (χ4n) is 2.23. The third-order valence-corrected chi connectivity index (χ3v) is 3.74. The van der Waals surface area contributed by atoms with Gasteiger partial charge in [-0.05, 0) is 55.3 Å². The monoisotopic (exact) mass is 356 g/mol. The molecule has 26 heavy (non-hydrogen) atoms. The summed E-state index contributed by atoms with van der Waals surface area (Å²) in [5, 5.41) is 5.43. The van der Waals surface area contributed by atoms with Gasteiger partial charge < -0.3 is 15.4 Å². The summed E-state index contributed by atoms with van der Waals surface area (Å²) in [4.78, 5) is 35.7. The minimum absolute atomic E-state index is 0.151. The Labute approximate surface area is 149 Å². The Hall–Kier alpha value is -3.22. The number of rotatable bonds is 6. The molecule has 0 radical (unpaired) electrons. The van der Waals surface area contributed by atoms with Crippen LogP contribution in [-0.2, 0) is 9.53 Å². The maximum Gasteiger partial charge on any atom is 0.338 e. The smallest absolute Gasteiger partial charge is 0.338 e. The largest absolute Gasteiger partial charge is 0.452 e. The quantitative estimate of drug-likeness (QED) is 0.779. The first kappa shape index (κ1) is 17.6. The fourth-order valence-corrected chi connectivity index (χ4v) is 2.23. The van der Waals surface area contributed by atoms with Crippen LogP contribution in [0.3, 0.4) is 0 Å². The van der Waals surface area contributed by atoms with Crippen LogP contribution >= 0.6 is 0 Å². The summed E-state index contributed by atoms with van der Waals surface area (Å²) < 4.78 is 17.7. The van der Waals surface area contributed by atoms with Crippen LogP contribution in [0.5, 0.6) is 0 Å². The second kappa shape index (κ2) is 7.77. The molecule has 0 bridgehead atoms. The van der Waals surface area contributed by atoms with E-state index in [4.69, 9.17) is 4.74 Å². The van der Waals surface area contributed by atoms with Crippen LogP contribution < -0.4 is 10.6 Å². The number of amides is 2. The molecule has 6 nitrogen and oxygen atoms in total. The summed E-state index contributed by atoms with van der Waals surface area (Å²) in [6.07, 6.45) is 1.98. The lowest BCUT2D eigenvalue weighted by Gasteiger charge is -2.08. The summed E-state index contributed by atoms with van der Waals surface area (Å²) in [5.41, 5.74) is 1.02. The van der Waals surface area contributed by atoms with E-state index < -0.39 is 24.3 Å². The number of benzene rings is 2. The predicted molar refractivity (Wildman–Crippen MR) is 92.2 cm³/mol. The standard InChI is InChI=1S/C19H17FN2O4/c20-14-6-4-12(5-7-14)19(25)26-11-17(23)21-16-3-1-2-13(10-16)18(24)22-15-8-9-15/h1-7,10,15H,8-9,11H2,(H,21,23)(H,22,24). The van der Waals surface area contributed by atoms with Crippen molar-refractivity contribution in [3.8, 4) is 0 Å². The SMILES string of the molecule is O=C(COC(=O)c1ccc(F)cc1)Nc1cccc(C(=O)NC2CC2)c1. The van der Waals surface area contributed by atoms with Gasteiger partial charge in [-0.1, -0.05) is 6.07 Å². The lowest BCUT2D eigenvalue weighted by Crippen LogP contribution is -2.25. The van der Waals surface area contributed by atoms with Crippen LogP contribution in [0.4, 0.5) is 10.1 Å². The van der Waals surface area contributed by atoms with Gasteiger partial charge in [-0.3, -0.25) is 9.59 Å². The van der Waals surface area contributed by atoms with E-state index in [0.29, 0.717) is 11.3 Å². The Bertz CT molecular complexity index is 832. The molecule has 0 atom stereocenters. The Kier molecular flexibility index (Phi) is 5.26. The normalized spacial score (nSPS) is 13.0. The maximum absolute atomic E-state index is 12.8. The minimum atomic E-state index is -0.724. The average Bonchev–Trinajstić information content (AvgIpc) is 3.44. The molecule has 0 aromatic heterocycles. The highest BCUT2D eigenvalue weighted by molar-refractivity contribution is 5.98. The topological polar surface area (TPSA) is 84.5 Å². The molecular weight excluding hydrogens is 339 g/mol. The van der Waals surface area contributed by atoms with Gasteiger partial charge in [0.2, 0.25) is 0 Å². The fraction of sp³-hybridized carbons (Fsp3) is 0.211. The van der Waals surface area contributed by atoms with Crippen molar-refractivity contribution in [1.29, 1.82) is 0 Å². The lowest BCUT2D eigenvalue weighted by molar-refractivity contribution is -0.119. The highest BCUT2D eigenvalue weighted by Crippen LogP contribution is 2.20. The Balaban J connectivity index is 1.52. The number of carbonyl (C=O) groups is 3. The van der Waals surface area contributed by atoms with Crippen LogP contribution in [0.25, 0.3) is 0 Å². The van der Waals surface area contributed by atoms with Gasteiger partial charge in [0, 0.05) is 17.3 Å². The molecule has 2 aromatic carbocycles. The molecule has 0 unspecified atom stereocenters. The van der Waals surface area contributed by atoms with Crippen molar-refractivity contribution in [2.24, 2.45) is 0 Å². The molecule has 0 spiro atoms. The van der Waals surface area contributed by atoms with E-state index in [1.54, 1.807) is 24.3 Å². The third-order valence-electron chi connectivity index (χ3n) is 3.74. The molecule has 1 aliphatic rings. The van der Waals surface area contributed by atoms with Crippen molar-refractivity contribution >= 4 is 23.5 Å². The second-order valence-electron chi connectivity index (χ2n) is 5.96. The number of hydrogen-bond donors (Lipinski definition) is 2. The molecule has 1 saturated carbocycles. The van der Waals surface area contributed by atoms with Crippen LogP contribution in [0.1, 0.15) is 33.6 Å². The van der Waals surface area contributed by atoms with Gasteiger partial charge in [-0.25, -0.2) is 9.18 Å². The summed E-state index contributed by atoms with van der Waals surface area (Å²) in [6.45, 7) is -0.491. The van der Waals surface area contributed by atoms with Gasteiger partial charge in [0.1, 0.15) is 5.82 Å². The van der Waals surface area contributed by atoms with Gasteiger partial charge in [-0.2, -0.15) is 0 Å². The third kappa shape index (κ3) is 4.89. The molecule has 0 heterocycles. The summed E-state index contributed by atoms with van der Waals surface area (Å²) in [5.74, 6) is -1.92. The van der Waals surface area contributed by atoms with E-state index in [9.17, 15) is 18.8 Å². The van der Waals surface area contributed by atoms with Crippen LogP contribution in [0.2, 0.25) is 0 Å². The van der Waals surface area contributed by atoms with Gasteiger partial charge >= 0.3 is 5.97 Å². The Morgan fingerprint density at radius 2 is 1.77 bits per heavy atom. The number of halogens is 1. The molecule has 134 valence electrons.